The van der Waals surface area contributed by atoms with E-state index in [1.165, 1.54) is 18.4 Å². The SMILES string of the molecule is CCCCC1=CC1(C)C(=O)OCC. The first-order valence-electron chi connectivity index (χ1n) is 5.04. The number of esters is 1. The molecule has 0 aromatic carbocycles. The van der Waals surface area contributed by atoms with Gasteiger partial charge in [0.25, 0.3) is 0 Å². The van der Waals surface area contributed by atoms with Crippen molar-refractivity contribution in [2.45, 2.75) is 40.0 Å². The Morgan fingerprint density at radius 1 is 1.54 bits per heavy atom. The highest BCUT2D eigenvalue weighted by Crippen LogP contribution is 2.47. The van der Waals surface area contributed by atoms with Crippen molar-refractivity contribution < 1.29 is 9.53 Å². The Kier molecular flexibility index (Phi) is 3.12. The summed E-state index contributed by atoms with van der Waals surface area (Å²) in [5.41, 5.74) is 0.915. The molecule has 0 bridgehead atoms. The van der Waals surface area contributed by atoms with E-state index in [-0.39, 0.29) is 11.4 Å². The number of rotatable bonds is 5. The molecule has 2 heteroatoms. The van der Waals surface area contributed by atoms with Crippen LogP contribution in [-0.4, -0.2) is 12.6 Å². The molecule has 1 aliphatic carbocycles. The number of hydrogen-bond donors (Lipinski definition) is 0. The second-order valence-electron chi connectivity index (χ2n) is 3.70. The van der Waals surface area contributed by atoms with Gasteiger partial charge < -0.3 is 4.74 Å². The highest BCUT2D eigenvalue weighted by atomic mass is 16.5. The van der Waals surface area contributed by atoms with Gasteiger partial charge in [-0.1, -0.05) is 25.0 Å². The van der Waals surface area contributed by atoms with Gasteiger partial charge in [-0.2, -0.15) is 0 Å². The average Bonchev–Trinajstić information content (AvgIpc) is 2.76. The van der Waals surface area contributed by atoms with Crippen LogP contribution < -0.4 is 0 Å². The van der Waals surface area contributed by atoms with Crippen molar-refractivity contribution in [1.82, 2.24) is 0 Å². The lowest BCUT2D eigenvalue weighted by molar-refractivity contribution is -0.148. The molecule has 74 valence electrons. The van der Waals surface area contributed by atoms with E-state index in [4.69, 9.17) is 4.74 Å². The van der Waals surface area contributed by atoms with E-state index >= 15 is 0 Å². The molecule has 13 heavy (non-hydrogen) atoms. The molecule has 0 saturated heterocycles. The Morgan fingerprint density at radius 3 is 2.77 bits per heavy atom. The Bertz CT molecular complexity index is 230. The zero-order valence-corrected chi connectivity index (χ0v) is 8.72. The van der Waals surface area contributed by atoms with Crippen LogP contribution in [0.5, 0.6) is 0 Å². The highest BCUT2D eigenvalue weighted by molar-refractivity contribution is 5.88. The molecule has 0 aliphatic heterocycles. The third-order valence-corrected chi connectivity index (χ3v) is 2.55. The molecule has 1 unspecified atom stereocenters. The van der Waals surface area contributed by atoms with Gasteiger partial charge in [-0.05, 0) is 26.7 Å². The molecule has 0 saturated carbocycles. The maximum atomic E-state index is 11.4. The standard InChI is InChI=1S/C11H18O2/c1-4-6-7-9-8-11(9,3)10(12)13-5-2/h8H,4-7H2,1-3H3. The molecule has 0 fully saturated rings. The zero-order valence-electron chi connectivity index (χ0n) is 8.72. The van der Waals surface area contributed by atoms with Gasteiger partial charge in [-0.3, -0.25) is 4.79 Å². The third-order valence-electron chi connectivity index (χ3n) is 2.55. The summed E-state index contributed by atoms with van der Waals surface area (Å²) in [7, 11) is 0. The number of ether oxygens (including phenoxy) is 1. The van der Waals surface area contributed by atoms with E-state index in [2.05, 4.69) is 6.92 Å². The lowest BCUT2D eigenvalue weighted by Crippen LogP contribution is -2.18. The molecular weight excluding hydrogens is 164 g/mol. The van der Waals surface area contributed by atoms with Gasteiger partial charge in [-0.25, -0.2) is 0 Å². The van der Waals surface area contributed by atoms with Crippen LogP contribution in [-0.2, 0) is 9.53 Å². The molecule has 0 N–H and O–H groups in total. The summed E-state index contributed by atoms with van der Waals surface area (Å²) in [5.74, 6) is -0.0823. The monoisotopic (exact) mass is 182 g/mol. The van der Waals surface area contributed by atoms with Crippen LogP contribution in [0.25, 0.3) is 0 Å². The van der Waals surface area contributed by atoms with E-state index in [1.54, 1.807) is 0 Å². The predicted molar refractivity (Wildman–Crippen MR) is 52.3 cm³/mol. The van der Waals surface area contributed by atoms with E-state index in [9.17, 15) is 4.79 Å². The number of unbranched alkanes of at least 4 members (excludes halogenated alkanes) is 1. The number of carbonyl (C=O) groups is 1. The van der Waals surface area contributed by atoms with Gasteiger partial charge >= 0.3 is 5.97 Å². The summed E-state index contributed by atoms with van der Waals surface area (Å²) in [6.07, 6.45) is 5.42. The summed E-state index contributed by atoms with van der Waals surface area (Å²) in [6.45, 7) is 6.42. The number of hydrogen-bond acceptors (Lipinski definition) is 2. The van der Waals surface area contributed by atoms with Crippen molar-refractivity contribution in [2.24, 2.45) is 5.41 Å². The van der Waals surface area contributed by atoms with E-state index in [1.807, 2.05) is 19.9 Å². The Morgan fingerprint density at radius 2 is 2.23 bits per heavy atom. The van der Waals surface area contributed by atoms with Gasteiger partial charge in [0.1, 0.15) is 5.41 Å². The third kappa shape index (κ3) is 2.11. The summed E-state index contributed by atoms with van der Waals surface area (Å²) in [5, 5.41) is 0. The molecule has 0 aromatic rings. The predicted octanol–water partition coefficient (Wildman–Crippen LogP) is 2.69. The fraction of sp³-hybridized carbons (Fsp3) is 0.727. The van der Waals surface area contributed by atoms with Gasteiger partial charge in [0, 0.05) is 0 Å². The lowest BCUT2D eigenvalue weighted by Gasteiger charge is -2.10. The van der Waals surface area contributed by atoms with Crippen molar-refractivity contribution >= 4 is 5.97 Å². The molecule has 1 atom stereocenters. The summed E-state index contributed by atoms with van der Waals surface area (Å²) >= 11 is 0. The normalized spacial score (nSPS) is 25.3. The summed E-state index contributed by atoms with van der Waals surface area (Å²) in [6, 6.07) is 0. The van der Waals surface area contributed by atoms with Crippen LogP contribution in [0, 0.1) is 5.41 Å². The lowest BCUT2D eigenvalue weighted by atomic mass is 10.0. The Hall–Kier alpha value is -0.790. The Balaban J connectivity index is 2.34. The molecule has 1 rings (SSSR count). The topological polar surface area (TPSA) is 26.3 Å². The molecule has 0 radical (unpaired) electrons. The summed E-state index contributed by atoms with van der Waals surface area (Å²) < 4.78 is 4.99. The minimum Gasteiger partial charge on any atom is -0.465 e. The van der Waals surface area contributed by atoms with E-state index in [0.717, 1.165) is 6.42 Å². The van der Waals surface area contributed by atoms with Crippen molar-refractivity contribution in [1.29, 1.82) is 0 Å². The minimum atomic E-state index is -0.342. The van der Waals surface area contributed by atoms with Crippen molar-refractivity contribution in [3.63, 3.8) is 0 Å². The molecule has 2 nitrogen and oxygen atoms in total. The maximum absolute atomic E-state index is 11.4. The molecule has 0 aromatic heterocycles. The van der Waals surface area contributed by atoms with Gasteiger partial charge in [-0.15, -0.1) is 0 Å². The van der Waals surface area contributed by atoms with Gasteiger partial charge in [0.2, 0.25) is 0 Å². The fourth-order valence-electron chi connectivity index (χ4n) is 1.48. The van der Waals surface area contributed by atoms with Crippen LogP contribution in [0.4, 0.5) is 0 Å². The zero-order chi connectivity index (χ0) is 9.90. The minimum absolute atomic E-state index is 0.0823. The second-order valence-corrected chi connectivity index (χ2v) is 3.70. The highest BCUT2D eigenvalue weighted by Gasteiger charge is 2.46. The molecular formula is C11H18O2. The van der Waals surface area contributed by atoms with Crippen LogP contribution in [0.15, 0.2) is 11.6 Å². The van der Waals surface area contributed by atoms with Crippen LogP contribution >= 0.6 is 0 Å². The van der Waals surface area contributed by atoms with Gasteiger partial charge in [0.15, 0.2) is 0 Å². The van der Waals surface area contributed by atoms with Crippen LogP contribution in [0.3, 0.4) is 0 Å². The maximum Gasteiger partial charge on any atom is 0.319 e. The van der Waals surface area contributed by atoms with Crippen molar-refractivity contribution in [3.05, 3.63) is 11.6 Å². The molecule has 0 heterocycles. The second kappa shape index (κ2) is 3.95. The molecule has 1 aliphatic rings. The molecule has 0 amide bonds. The first-order valence-corrected chi connectivity index (χ1v) is 5.04. The van der Waals surface area contributed by atoms with Crippen LogP contribution in [0.2, 0.25) is 0 Å². The fourth-order valence-corrected chi connectivity index (χ4v) is 1.48. The largest absolute Gasteiger partial charge is 0.465 e. The van der Waals surface area contributed by atoms with Crippen molar-refractivity contribution in [2.75, 3.05) is 6.61 Å². The smallest absolute Gasteiger partial charge is 0.319 e. The van der Waals surface area contributed by atoms with E-state index < -0.39 is 0 Å². The Labute approximate surface area is 80.0 Å². The van der Waals surface area contributed by atoms with Crippen LogP contribution in [0.1, 0.15) is 40.0 Å². The van der Waals surface area contributed by atoms with Crippen molar-refractivity contribution in [3.8, 4) is 0 Å². The number of carbonyl (C=O) groups excluding carboxylic acids is 1. The van der Waals surface area contributed by atoms with E-state index in [0.29, 0.717) is 6.61 Å². The quantitative estimate of drug-likeness (QED) is 0.482. The first kappa shape index (κ1) is 10.3. The summed E-state index contributed by atoms with van der Waals surface area (Å²) in [4.78, 5) is 11.4. The average molecular weight is 182 g/mol. The van der Waals surface area contributed by atoms with Gasteiger partial charge in [0.05, 0.1) is 6.61 Å². The first-order chi connectivity index (χ1) is 6.15. The molecule has 0 spiro atoms.